The molecule has 0 heterocycles. The number of amides is 1. The lowest BCUT2D eigenvalue weighted by atomic mass is 10.3. The number of methoxy groups -OCH3 is 2. The number of ether oxygens (including phenoxy) is 3. The number of alkyl carbamates (subject to hydrolysis) is 1. The Morgan fingerprint density at radius 3 is 2.50 bits per heavy atom. The Hall–Kier alpha value is -1.07. The maximum Gasteiger partial charge on any atom is 0.407 e. The van der Waals surface area contributed by atoms with Crippen molar-refractivity contribution in [2.24, 2.45) is 0 Å². The molecule has 0 unspecified atom stereocenters. The molecule has 0 radical (unpaired) electrons. The molecule has 1 amide bonds. The van der Waals surface area contributed by atoms with Crippen molar-refractivity contribution in [3.05, 3.63) is 12.7 Å². The van der Waals surface area contributed by atoms with E-state index in [1.807, 2.05) is 0 Å². The minimum atomic E-state index is -0.517. The molecule has 5 nitrogen and oxygen atoms in total. The molecule has 0 aromatic rings. The molecule has 0 bridgehead atoms. The van der Waals surface area contributed by atoms with E-state index in [1.165, 1.54) is 20.3 Å². The highest BCUT2D eigenvalue weighted by atomic mass is 16.7. The van der Waals surface area contributed by atoms with E-state index in [2.05, 4.69) is 11.9 Å². The number of carbonyl (C=O) groups is 1. The molecule has 0 saturated carbocycles. The second-order valence-corrected chi connectivity index (χ2v) is 2.66. The molecule has 14 heavy (non-hydrogen) atoms. The first-order chi connectivity index (χ1) is 6.65. The van der Waals surface area contributed by atoms with Gasteiger partial charge in [0.2, 0.25) is 0 Å². The minimum absolute atomic E-state index is 0.184. The fourth-order valence-corrected chi connectivity index (χ4v) is 0.935. The minimum Gasteiger partial charge on any atom is -0.445 e. The van der Waals surface area contributed by atoms with Gasteiger partial charge < -0.3 is 19.5 Å². The average molecular weight is 203 g/mol. The normalized spacial score (nSPS) is 12.3. The van der Waals surface area contributed by atoms with Crippen LogP contribution in [0.3, 0.4) is 0 Å². The number of hydrogen-bond donors (Lipinski definition) is 1. The van der Waals surface area contributed by atoms with Gasteiger partial charge in [0.15, 0.2) is 6.29 Å². The molecule has 0 rings (SSSR count). The van der Waals surface area contributed by atoms with Gasteiger partial charge >= 0.3 is 6.09 Å². The average Bonchev–Trinajstić information content (AvgIpc) is 2.16. The van der Waals surface area contributed by atoms with Crippen LogP contribution in [0.2, 0.25) is 0 Å². The summed E-state index contributed by atoms with van der Waals surface area (Å²) in [5.41, 5.74) is 0. The summed E-state index contributed by atoms with van der Waals surface area (Å²) in [6, 6.07) is -0.276. The van der Waals surface area contributed by atoms with E-state index in [1.54, 1.807) is 6.92 Å². The number of carbonyl (C=O) groups excluding carboxylic acids is 1. The van der Waals surface area contributed by atoms with Crippen LogP contribution < -0.4 is 5.32 Å². The zero-order valence-electron chi connectivity index (χ0n) is 8.78. The van der Waals surface area contributed by atoms with E-state index < -0.39 is 12.4 Å². The molecule has 1 N–H and O–H groups in total. The van der Waals surface area contributed by atoms with E-state index in [0.717, 1.165) is 0 Å². The van der Waals surface area contributed by atoms with Gasteiger partial charge in [0.1, 0.15) is 6.61 Å². The standard InChI is InChI=1S/C9H17NO4/c1-5-6-14-9(11)10-7(2)8(12-3)13-4/h5,7-8H,1,6H2,2-4H3,(H,10,11)/t7-/m0/s1. The van der Waals surface area contributed by atoms with E-state index in [-0.39, 0.29) is 12.6 Å². The summed E-state index contributed by atoms with van der Waals surface area (Å²) in [5.74, 6) is 0. The fraction of sp³-hybridized carbons (Fsp3) is 0.667. The van der Waals surface area contributed by atoms with E-state index in [4.69, 9.17) is 14.2 Å². The molecule has 82 valence electrons. The van der Waals surface area contributed by atoms with E-state index in [0.29, 0.717) is 0 Å². The zero-order chi connectivity index (χ0) is 11.0. The first-order valence-electron chi connectivity index (χ1n) is 4.25. The Kier molecular flexibility index (Phi) is 6.78. The van der Waals surface area contributed by atoms with Gasteiger partial charge in [0.05, 0.1) is 6.04 Å². The van der Waals surface area contributed by atoms with Gasteiger partial charge in [-0.1, -0.05) is 12.7 Å². The zero-order valence-corrected chi connectivity index (χ0v) is 8.78. The lowest BCUT2D eigenvalue weighted by Gasteiger charge is -2.21. The van der Waals surface area contributed by atoms with Gasteiger partial charge in [0.25, 0.3) is 0 Å². The van der Waals surface area contributed by atoms with Crippen molar-refractivity contribution >= 4 is 6.09 Å². The molecule has 5 heteroatoms. The molecular formula is C9H17NO4. The molecule has 0 aliphatic rings. The first-order valence-corrected chi connectivity index (χ1v) is 4.25. The molecule has 1 atom stereocenters. The molecule has 0 aromatic heterocycles. The Morgan fingerprint density at radius 2 is 2.07 bits per heavy atom. The van der Waals surface area contributed by atoms with Gasteiger partial charge in [-0.25, -0.2) is 4.79 Å². The lowest BCUT2D eigenvalue weighted by Crippen LogP contribution is -2.43. The van der Waals surface area contributed by atoms with Crippen LogP contribution in [0.1, 0.15) is 6.92 Å². The summed E-state index contributed by atoms with van der Waals surface area (Å²) in [4.78, 5) is 11.1. The maximum absolute atomic E-state index is 11.1. The summed E-state index contributed by atoms with van der Waals surface area (Å²) in [5, 5.41) is 2.56. The third kappa shape index (κ3) is 4.84. The van der Waals surface area contributed by atoms with Crippen LogP contribution >= 0.6 is 0 Å². The summed E-state index contributed by atoms with van der Waals surface area (Å²) < 4.78 is 14.6. The SMILES string of the molecule is C=CCOC(=O)N[C@@H](C)C(OC)OC. The number of rotatable bonds is 6. The first kappa shape index (κ1) is 12.9. The van der Waals surface area contributed by atoms with Gasteiger partial charge in [-0.3, -0.25) is 0 Å². The smallest absolute Gasteiger partial charge is 0.407 e. The third-order valence-electron chi connectivity index (χ3n) is 1.55. The predicted molar refractivity (Wildman–Crippen MR) is 51.9 cm³/mol. The van der Waals surface area contributed by atoms with Crippen LogP contribution in [0, 0.1) is 0 Å². The molecule has 0 aromatic carbocycles. The van der Waals surface area contributed by atoms with Crippen molar-refractivity contribution in [3.8, 4) is 0 Å². The lowest BCUT2D eigenvalue weighted by molar-refractivity contribution is -0.118. The Labute approximate surface area is 84.0 Å². The second kappa shape index (κ2) is 7.34. The van der Waals surface area contributed by atoms with Crippen molar-refractivity contribution in [1.82, 2.24) is 5.32 Å². The van der Waals surface area contributed by atoms with Crippen LogP contribution in [-0.4, -0.2) is 39.3 Å². The topological polar surface area (TPSA) is 56.8 Å². The quantitative estimate of drug-likeness (QED) is 0.515. The summed E-state index contributed by atoms with van der Waals surface area (Å²) >= 11 is 0. The van der Waals surface area contributed by atoms with Crippen LogP contribution in [0.25, 0.3) is 0 Å². The van der Waals surface area contributed by atoms with Gasteiger partial charge in [-0.15, -0.1) is 0 Å². The van der Waals surface area contributed by atoms with Crippen molar-refractivity contribution in [3.63, 3.8) is 0 Å². The van der Waals surface area contributed by atoms with Crippen molar-refractivity contribution in [2.75, 3.05) is 20.8 Å². The van der Waals surface area contributed by atoms with Gasteiger partial charge in [0, 0.05) is 14.2 Å². The van der Waals surface area contributed by atoms with E-state index >= 15 is 0 Å². The molecule has 0 aliphatic carbocycles. The Balaban J connectivity index is 3.84. The number of hydrogen-bond acceptors (Lipinski definition) is 4. The second-order valence-electron chi connectivity index (χ2n) is 2.66. The largest absolute Gasteiger partial charge is 0.445 e. The van der Waals surface area contributed by atoms with Crippen molar-refractivity contribution in [1.29, 1.82) is 0 Å². The fourth-order valence-electron chi connectivity index (χ4n) is 0.935. The van der Waals surface area contributed by atoms with E-state index in [9.17, 15) is 4.79 Å². The Morgan fingerprint density at radius 1 is 1.50 bits per heavy atom. The highest BCUT2D eigenvalue weighted by molar-refractivity contribution is 5.67. The number of nitrogens with one attached hydrogen (secondary N) is 1. The van der Waals surface area contributed by atoms with Gasteiger partial charge in [-0.05, 0) is 6.92 Å². The summed E-state index contributed by atoms with van der Waals surface area (Å²) in [6.45, 7) is 5.37. The molecule has 0 aliphatic heterocycles. The third-order valence-corrected chi connectivity index (χ3v) is 1.55. The highest BCUT2D eigenvalue weighted by Gasteiger charge is 2.18. The van der Waals surface area contributed by atoms with Crippen LogP contribution in [0.5, 0.6) is 0 Å². The molecule has 0 fully saturated rings. The van der Waals surface area contributed by atoms with Crippen molar-refractivity contribution in [2.45, 2.75) is 19.3 Å². The predicted octanol–water partition coefficient (Wildman–Crippen LogP) is 0.906. The van der Waals surface area contributed by atoms with Crippen LogP contribution in [0.4, 0.5) is 4.79 Å². The molecule has 0 spiro atoms. The van der Waals surface area contributed by atoms with Crippen molar-refractivity contribution < 1.29 is 19.0 Å². The Bertz CT molecular complexity index is 180. The highest BCUT2D eigenvalue weighted by Crippen LogP contribution is 1.98. The maximum atomic E-state index is 11.1. The van der Waals surface area contributed by atoms with Gasteiger partial charge in [-0.2, -0.15) is 0 Å². The van der Waals surface area contributed by atoms with Crippen LogP contribution in [0.15, 0.2) is 12.7 Å². The monoisotopic (exact) mass is 203 g/mol. The summed E-state index contributed by atoms with van der Waals surface area (Å²) in [6.07, 6.45) is 0.497. The summed E-state index contributed by atoms with van der Waals surface area (Å²) in [7, 11) is 3.00. The van der Waals surface area contributed by atoms with Crippen LogP contribution in [-0.2, 0) is 14.2 Å². The molecular weight excluding hydrogens is 186 g/mol. The molecule has 0 saturated heterocycles.